The van der Waals surface area contributed by atoms with Crippen molar-refractivity contribution in [3.8, 4) is 0 Å². The van der Waals surface area contributed by atoms with E-state index in [1.54, 1.807) is 6.92 Å². The standard InChI is InChI=1S/C12H13N5O2S2/c1-2-19-10(18)9-11(21-17-16-9)20-12(15-13)14-8-6-4-3-5-7-8/h3-7H,2,13H2,1H3,(H,14,15). The lowest BCUT2D eigenvalue weighted by Crippen LogP contribution is -2.27. The monoisotopic (exact) mass is 323 g/mol. The first-order chi connectivity index (χ1) is 10.2. The number of para-hydroxylation sites is 1. The third-order valence-corrected chi connectivity index (χ3v) is 4.00. The number of aromatic nitrogens is 2. The lowest BCUT2D eigenvalue weighted by Gasteiger charge is -2.04. The molecule has 0 aliphatic carbocycles. The Kier molecular flexibility index (Phi) is 5.67. The number of amidine groups is 1. The van der Waals surface area contributed by atoms with E-state index in [9.17, 15) is 4.79 Å². The average Bonchev–Trinajstić information content (AvgIpc) is 2.96. The van der Waals surface area contributed by atoms with Gasteiger partial charge in [-0.05, 0) is 42.4 Å². The molecule has 0 bridgehead atoms. The van der Waals surface area contributed by atoms with Gasteiger partial charge in [0.15, 0.2) is 10.9 Å². The molecule has 0 saturated carbocycles. The van der Waals surface area contributed by atoms with Crippen molar-refractivity contribution in [1.29, 1.82) is 0 Å². The second-order valence-corrected chi connectivity index (χ2v) is 5.64. The van der Waals surface area contributed by atoms with Gasteiger partial charge in [0.25, 0.3) is 0 Å². The highest BCUT2D eigenvalue weighted by Crippen LogP contribution is 2.27. The fourth-order valence-electron chi connectivity index (χ4n) is 1.37. The predicted octanol–water partition coefficient (Wildman–Crippen LogP) is 1.96. The molecule has 1 aromatic heterocycles. The summed E-state index contributed by atoms with van der Waals surface area (Å²) in [4.78, 5) is 16.1. The number of esters is 1. The number of hydrogen-bond donors (Lipinski definition) is 2. The zero-order chi connectivity index (χ0) is 15.1. The predicted molar refractivity (Wildman–Crippen MR) is 82.6 cm³/mol. The molecule has 0 unspecified atom stereocenters. The van der Waals surface area contributed by atoms with E-state index in [4.69, 9.17) is 10.6 Å². The highest BCUT2D eigenvalue weighted by atomic mass is 32.2. The molecule has 1 heterocycles. The van der Waals surface area contributed by atoms with Gasteiger partial charge in [0.2, 0.25) is 0 Å². The molecule has 0 radical (unpaired) electrons. The highest BCUT2D eigenvalue weighted by Gasteiger charge is 2.19. The van der Waals surface area contributed by atoms with Crippen LogP contribution in [-0.4, -0.2) is 27.3 Å². The molecule has 0 atom stereocenters. The molecular formula is C12H13N5O2S2. The third kappa shape index (κ3) is 4.25. The summed E-state index contributed by atoms with van der Waals surface area (Å²) in [6.07, 6.45) is 0. The van der Waals surface area contributed by atoms with Crippen LogP contribution in [0.25, 0.3) is 0 Å². The van der Waals surface area contributed by atoms with E-state index < -0.39 is 5.97 Å². The third-order valence-electron chi connectivity index (χ3n) is 2.23. The molecule has 110 valence electrons. The van der Waals surface area contributed by atoms with E-state index in [-0.39, 0.29) is 12.3 Å². The van der Waals surface area contributed by atoms with Crippen LogP contribution in [0.4, 0.5) is 5.69 Å². The van der Waals surface area contributed by atoms with E-state index in [0.29, 0.717) is 9.38 Å². The maximum absolute atomic E-state index is 11.7. The molecule has 1 aromatic carbocycles. The number of carbonyl (C=O) groups excluding carboxylic acids is 1. The van der Waals surface area contributed by atoms with Crippen LogP contribution in [0.5, 0.6) is 0 Å². The molecule has 2 aromatic rings. The lowest BCUT2D eigenvalue weighted by molar-refractivity contribution is 0.0515. The number of aliphatic imine (C=N–C) groups is 1. The van der Waals surface area contributed by atoms with E-state index in [1.807, 2.05) is 30.3 Å². The number of nitrogens with zero attached hydrogens (tertiary/aromatic N) is 3. The highest BCUT2D eigenvalue weighted by molar-refractivity contribution is 8.15. The second kappa shape index (κ2) is 7.72. The molecule has 0 fully saturated rings. The number of ether oxygens (including phenoxy) is 1. The molecule has 2 rings (SSSR count). The number of hydrogen-bond acceptors (Lipinski definition) is 8. The SMILES string of the molecule is CCOC(=O)c1nnsc1SC(=Nc1ccccc1)NN. The Balaban J connectivity index is 2.18. The molecule has 0 aliphatic rings. The van der Waals surface area contributed by atoms with Gasteiger partial charge in [-0.15, -0.1) is 5.10 Å². The summed E-state index contributed by atoms with van der Waals surface area (Å²) < 4.78 is 9.26. The van der Waals surface area contributed by atoms with Gasteiger partial charge in [0.05, 0.1) is 12.3 Å². The summed E-state index contributed by atoms with van der Waals surface area (Å²) in [7, 11) is 0. The summed E-state index contributed by atoms with van der Waals surface area (Å²) in [6, 6.07) is 9.32. The fraction of sp³-hybridized carbons (Fsp3) is 0.167. The zero-order valence-corrected chi connectivity index (χ0v) is 12.8. The topological polar surface area (TPSA) is 102 Å². The minimum atomic E-state index is -0.509. The number of carbonyl (C=O) groups is 1. The van der Waals surface area contributed by atoms with Crippen molar-refractivity contribution in [3.05, 3.63) is 36.0 Å². The van der Waals surface area contributed by atoms with Gasteiger partial charge < -0.3 is 10.2 Å². The quantitative estimate of drug-likeness (QED) is 0.221. The molecule has 7 nitrogen and oxygen atoms in total. The van der Waals surface area contributed by atoms with Crippen LogP contribution in [0, 0.1) is 0 Å². The molecule has 3 N–H and O–H groups in total. The van der Waals surface area contributed by atoms with Gasteiger partial charge in [0.1, 0.15) is 4.21 Å². The first-order valence-electron chi connectivity index (χ1n) is 6.02. The Hall–Kier alpha value is -1.97. The van der Waals surface area contributed by atoms with Gasteiger partial charge in [-0.1, -0.05) is 22.7 Å². The van der Waals surface area contributed by atoms with Crippen molar-refractivity contribution in [1.82, 2.24) is 15.0 Å². The number of nitrogens with one attached hydrogen (secondary N) is 1. The van der Waals surface area contributed by atoms with Crippen molar-refractivity contribution < 1.29 is 9.53 Å². The van der Waals surface area contributed by atoms with Crippen LogP contribution < -0.4 is 11.3 Å². The summed E-state index contributed by atoms with van der Waals surface area (Å²) in [5.41, 5.74) is 3.41. The minimum absolute atomic E-state index is 0.169. The van der Waals surface area contributed by atoms with E-state index in [0.717, 1.165) is 17.2 Å². The van der Waals surface area contributed by atoms with E-state index in [2.05, 4.69) is 20.0 Å². The lowest BCUT2D eigenvalue weighted by atomic mass is 10.3. The van der Waals surface area contributed by atoms with Gasteiger partial charge >= 0.3 is 5.97 Å². The number of benzene rings is 1. The molecule has 0 spiro atoms. The maximum Gasteiger partial charge on any atom is 0.361 e. The molecule has 0 aliphatic heterocycles. The van der Waals surface area contributed by atoms with Gasteiger partial charge in [0, 0.05) is 0 Å². The van der Waals surface area contributed by atoms with Crippen molar-refractivity contribution in [2.24, 2.45) is 10.8 Å². The number of hydrazine groups is 1. The van der Waals surface area contributed by atoms with Gasteiger partial charge in [-0.2, -0.15) is 0 Å². The molecule has 9 heteroatoms. The zero-order valence-electron chi connectivity index (χ0n) is 11.1. The van der Waals surface area contributed by atoms with Crippen molar-refractivity contribution in [2.75, 3.05) is 6.61 Å². The number of nitrogens with two attached hydrogens (primary N) is 1. The summed E-state index contributed by atoms with van der Waals surface area (Å²) in [5.74, 6) is 4.96. The average molecular weight is 323 g/mol. The van der Waals surface area contributed by atoms with Gasteiger partial charge in [-0.3, -0.25) is 0 Å². The number of thioether (sulfide) groups is 1. The van der Waals surface area contributed by atoms with Crippen molar-refractivity contribution in [2.45, 2.75) is 11.1 Å². The van der Waals surface area contributed by atoms with Crippen molar-refractivity contribution >= 4 is 40.1 Å². The molecule has 21 heavy (non-hydrogen) atoms. The minimum Gasteiger partial charge on any atom is -0.461 e. The van der Waals surface area contributed by atoms with Crippen molar-refractivity contribution in [3.63, 3.8) is 0 Å². The Bertz CT molecular complexity index is 630. The fourth-order valence-corrected chi connectivity index (χ4v) is 2.86. The molecular weight excluding hydrogens is 310 g/mol. The second-order valence-electron chi connectivity index (χ2n) is 3.63. The summed E-state index contributed by atoms with van der Waals surface area (Å²) in [5, 5.41) is 4.21. The molecule has 0 amide bonds. The Labute approximate surface area is 129 Å². The van der Waals surface area contributed by atoms with Crippen LogP contribution in [0.3, 0.4) is 0 Å². The Morgan fingerprint density at radius 3 is 2.90 bits per heavy atom. The normalized spacial score (nSPS) is 11.2. The maximum atomic E-state index is 11.7. The number of rotatable bonds is 4. The van der Waals surface area contributed by atoms with Crippen LogP contribution in [0.15, 0.2) is 39.5 Å². The Morgan fingerprint density at radius 1 is 1.48 bits per heavy atom. The van der Waals surface area contributed by atoms with Gasteiger partial charge in [-0.25, -0.2) is 15.6 Å². The Morgan fingerprint density at radius 2 is 2.24 bits per heavy atom. The molecule has 0 saturated heterocycles. The van der Waals surface area contributed by atoms with E-state index in [1.165, 1.54) is 11.8 Å². The van der Waals surface area contributed by atoms with Crippen LogP contribution in [0.2, 0.25) is 0 Å². The summed E-state index contributed by atoms with van der Waals surface area (Å²) in [6.45, 7) is 2.01. The van der Waals surface area contributed by atoms with Crippen LogP contribution in [-0.2, 0) is 4.74 Å². The summed E-state index contributed by atoms with van der Waals surface area (Å²) >= 11 is 2.26. The van der Waals surface area contributed by atoms with Crippen LogP contribution >= 0.6 is 23.3 Å². The van der Waals surface area contributed by atoms with E-state index >= 15 is 0 Å². The smallest absolute Gasteiger partial charge is 0.361 e. The largest absolute Gasteiger partial charge is 0.461 e. The first-order valence-corrected chi connectivity index (χ1v) is 7.61. The first kappa shape index (κ1) is 15.4. The van der Waals surface area contributed by atoms with Crippen LogP contribution in [0.1, 0.15) is 17.4 Å².